The molecular weight excluding hydrogens is 546 g/mol. The monoisotopic (exact) mass is 571 g/mol. The number of nitrogens with zero attached hydrogens (tertiary/aromatic N) is 3. The Labute approximate surface area is 257 Å². The van der Waals surface area contributed by atoms with Gasteiger partial charge in [-0.15, -0.1) is 0 Å². The molecule has 0 amide bonds. The van der Waals surface area contributed by atoms with Gasteiger partial charge in [0.1, 0.15) is 0 Å². The number of benzene rings is 7. The summed E-state index contributed by atoms with van der Waals surface area (Å²) >= 11 is 0. The van der Waals surface area contributed by atoms with Crippen molar-refractivity contribution in [1.29, 1.82) is 0 Å². The zero-order chi connectivity index (χ0) is 29.2. The van der Waals surface area contributed by atoms with Gasteiger partial charge in [0.15, 0.2) is 0 Å². The summed E-state index contributed by atoms with van der Waals surface area (Å²) in [6.45, 7) is 0. The van der Waals surface area contributed by atoms with Crippen LogP contribution < -0.4 is 0 Å². The summed E-state index contributed by atoms with van der Waals surface area (Å²) in [5.74, 6) is 0. The second-order valence-electron chi connectivity index (χ2n) is 12.2. The topological polar surface area (TPSA) is 14.3 Å². The molecule has 11 rings (SSSR count). The lowest BCUT2D eigenvalue weighted by molar-refractivity contribution is 1.17. The van der Waals surface area contributed by atoms with E-state index in [-0.39, 0.29) is 0 Å². The van der Waals surface area contributed by atoms with Crippen molar-refractivity contribution in [3.63, 3.8) is 0 Å². The molecule has 7 aromatic carbocycles. The van der Waals surface area contributed by atoms with Crippen molar-refractivity contribution in [2.75, 3.05) is 0 Å². The molecule has 0 aliphatic rings. The van der Waals surface area contributed by atoms with E-state index in [0.29, 0.717) is 0 Å². The molecule has 0 fully saturated rings. The van der Waals surface area contributed by atoms with E-state index in [0.717, 1.165) is 0 Å². The van der Waals surface area contributed by atoms with Gasteiger partial charge in [-0.1, -0.05) is 91.0 Å². The largest absolute Gasteiger partial charge is 0.309 e. The number of hydrogen-bond donors (Lipinski definition) is 0. The number of para-hydroxylation sites is 5. The zero-order valence-corrected chi connectivity index (χ0v) is 24.3. The molecule has 0 aliphatic heterocycles. The zero-order valence-electron chi connectivity index (χ0n) is 24.3. The maximum absolute atomic E-state index is 2.51. The van der Waals surface area contributed by atoms with Gasteiger partial charge in [0.2, 0.25) is 0 Å². The first kappa shape index (κ1) is 23.4. The second kappa shape index (κ2) is 8.31. The van der Waals surface area contributed by atoms with Crippen LogP contribution in [-0.4, -0.2) is 13.5 Å². The number of rotatable bonds is 2. The lowest BCUT2D eigenvalue weighted by Crippen LogP contribution is -1.96. The predicted molar refractivity (Wildman–Crippen MR) is 190 cm³/mol. The highest BCUT2D eigenvalue weighted by Crippen LogP contribution is 2.46. The minimum absolute atomic E-state index is 1.17. The van der Waals surface area contributed by atoms with Crippen LogP contribution >= 0.6 is 0 Å². The molecule has 4 aromatic heterocycles. The van der Waals surface area contributed by atoms with Gasteiger partial charge in [0.05, 0.1) is 38.6 Å². The molecule has 0 atom stereocenters. The third-order valence-corrected chi connectivity index (χ3v) is 9.93. The Morgan fingerprint density at radius 2 is 0.800 bits per heavy atom. The van der Waals surface area contributed by atoms with E-state index >= 15 is 0 Å². The number of hydrogen-bond acceptors (Lipinski definition) is 0. The first-order valence-corrected chi connectivity index (χ1v) is 15.5. The summed E-state index contributed by atoms with van der Waals surface area (Å²) in [6, 6.07) is 55.6. The minimum Gasteiger partial charge on any atom is -0.309 e. The van der Waals surface area contributed by atoms with Gasteiger partial charge in [0, 0.05) is 54.5 Å². The average Bonchev–Trinajstić information content (AvgIpc) is 3.82. The molecule has 208 valence electrons. The maximum Gasteiger partial charge on any atom is 0.0642 e. The van der Waals surface area contributed by atoms with E-state index in [2.05, 4.69) is 165 Å². The Balaban J connectivity index is 1.34. The summed E-state index contributed by atoms with van der Waals surface area (Å²) in [5, 5.41) is 10.3. The standard InChI is InChI=1S/C42H25N3/c1-2-12-26(13-3-1)43-35-18-8-4-14-28(35)32-24-27(22-23-39(32)43)44-36-19-9-5-15-29(36)33-25-34-30-16-6-10-20-37(30)45-38-21-11-7-17-31(38)40(41(33)44)42(34)45/h1-25H. The second-order valence-corrected chi connectivity index (χ2v) is 12.2. The van der Waals surface area contributed by atoms with Gasteiger partial charge in [-0.25, -0.2) is 0 Å². The lowest BCUT2D eigenvalue weighted by atomic mass is 10.0. The van der Waals surface area contributed by atoms with Crippen molar-refractivity contribution in [2.45, 2.75) is 0 Å². The Hall–Kier alpha value is -6.06. The van der Waals surface area contributed by atoms with Crippen molar-refractivity contribution in [2.24, 2.45) is 0 Å². The fourth-order valence-corrected chi connectivity index (χ4v) is 8.18. The van der Waals surface area contributed by atoms with E-state index in [4.69, 9.17) is 0 Å². The van der Waals surface area contributed by atoms with Gasteiger partial charge < -0.3 is 13.5 Å². The Bertz CT molecular complexity index is 2970. The van der Waals surface area contributed by atoms with E-state index in [9.17, 15) is 0 Å². The molecule has 45 heavy (non-hydrogen) atoms. The van der Waals surface area contributed by atoms with Crippen LogP contribution in [-0.2, 0) is 0 Å². The van der Waals surface area contributed by atoms with Crippen LogP contribution in [0.25, 0.3) is 93.1 Å². The summed E-state index contributed by atoms with van der Waals surface area (Å²) < 4.78 is 7.38. The quantitative estimate of drug-likeness (QED) is 0.196. The summed E-state index contributed by atoms with van der Waals surface area (Å²) in [6.07, 6.45) is 0. The van der Waals surface area contributed by atoms with E-state index in [1.54, 1.807) is 0 Å². The van der Waals surface area contributed by atoms with Crippen molar-refractivity contribution < 1.29 is 0 Å². The molecule has 0 saturated heterocycles. The molecule has 0 bridgehead atoms. The van der Waals surface area contributed by atoms with Gasteiger partial charge in [0.25, 0.3) is 0 Å². The minimum atomic E-state index is 1.17. The first-order chi connectivity index (χ1) is 22.4. The molecule has 3 heteroatoms. The molecule has 4 heterocycles. The Morgan fingerprint density at radius 1 is 0.289 bits per heavy atom. The highest BCUT2D eigenvalue weighted by Gasteiger charge is 2.24. The lowest BCUT2D eigenvalue weighted by Gasteiger charge is -2.11. The summed E-state index contributed by atoms with van der Waals surface area (Å²) in [4.78, 5) is 0. The highest BCUT2D eigenvalue weighted by atomic mass is 15.0. The molecule has 3 nitrogen and oxygen atoms in total. The average molecular weight is 572 g/mol. The van der Waals surface area contributed by atoms with Crippen LogP contribution in [0.15, 0.2) is 152 Å². The molecule has 0 radical (unpaired) electrons. The van der Waals surface area contributed by atoms with Crippen LogP contribution in [0.1, 0.15) is 0 Å². The third-order valence-electron chi connectivity index (χ3n) is 9.93. The van der Waals surface area contributed by atoms with Crippen molar-refractivity contribution >= 4 is 81.7 Å². The van der Waals surface area contributed by atoms with E-state index in [1.165, 1.54) is 93.1 Å². The molecule has 0 unspecified atom stereocenters. The van der Waals surface area contributed by atoms with Crippen molar-refractivity contribution in [1.82, 2.24) is 13.5 Å². The van der Waals surface area contributed by atoms with E-state index in [1.807, 2.05) is 0 Å². The third kappa shape index (κ3) is 2.86. The van der Waals surface area contributed by atoms with Crippen LogP contribution in [0.4, 0.5) is 0 Å². The van der Waals surface area contributed by atoms with E-state index < -0.39 is 0 Å². The Morgan fingerprint density at radius 3 is 1.53 bits per heavy atom. The van der Waals surface area contributed by atoms with Gasteiger partial charge in [-0.3, -0.25) is 0 Å². The fraction of sp³-hybridized carbons (Fsp3) is 0. The SMILES string of the molecule is c1ccc(-n2c3ccccc3c3cc(-n4c5ccccc5c5cc6c7ccccc7n7c8ccccc8c(c54)c67)ccc32)cc1. The molecule has 0 aliphatic carbocycles. The van der Waals surface area contributed by atoms with Crippen molar-refractivity contribution in [3.8, 4) is 11.4 Å². The van der Waals surface area contributed by atoms with Crippen LogP contribution in [0.2, 0.25) is 0 Å². The van der Waals surface area contributed by atoms with Gasteiger partial charge in [-0.05, 0) is 60.7 Å². The fourth-order valence-electron chi connectivity index (χ4n) is 8.18. The highest BCUT2D eigenvalue weighted by molar-refractivity contribution is 6.34. The molecule has 0 saturated carbocycles. The van der Waals surface area contributed by atoms with Crippen LogP contribution in [0, 0.1) is 0 Å². The van der Waals surface area contributed by atoms with Gasteiger partial charge >= 0.3 is 0 Å². The van der Waals surface area contributed by atoms with Crippen molar-refractivity contribution in [3.05, 3.63) is 152 Å². The normalized spacial score (nSPS) is 12.4. The summed E-state index contributed by atoms with van der Waals surface area (Å²) in [7, 11) is 0. The maximum atomic E-state index is 2.51. The van der Waals surface area contributed by atoms with Crippen LogP contribution in [0.5, 0.6) is 0 Å². The smallest absolute Gasteiger partial charge is 0.0642 e. The molecule has 11 aromatic rings. The summed E-state index contributed by atoms with van der Waals surface area (Å²) in [5.41, 5.74) is 11.1. The van der Waals surface area contributed by atoms with Gasteiger partial charge in [-0.2, -0.15) is 0 Å². The first-order valence-electron chi connectivity index (χ1n) is 15.5. The predicted octanol–water partition coefficient (Wildman–Crippen LogP) is 11.0. The number of fused-ring (bicyclic) bond motifs is 13. The van der Waals surface area contributed by atoms with Crippen LogP contribution in [0.3, 0.4) is 0 Å². The number of aromatic nitrogens is 3. The molecular formula is C42H25N3. The molecule has 0 spiro atoms. The molecule has 0 N–H and O–H groups in total. The Kier molecular flexibility index (Phi) is 4.32.